The molecule has 0 saturated heterocycles. The first-order chi connectivity index (χ1) is 9.78. The minimum Gasteiger partial charge on any atom is -0.486 e. The maximum atomic E-state index is 6.00. The Morgan fingerprint density at radius 1 is 1.25 bits per heavy atom. The number of hydrogen-bond acceptors (Lipinski definition) is 4. The third kappa shape index (κ3) is 2.77. The molecule has 0 bridgehead atoms. The van der Waals surface area contributed by atoms with E-state index in [-0.39, 0.29) is 6.04 Å². The maximum absolute atomic E-state index is 6.00. The number of hydrogen-bond donors (Lipinski definition) is 1. The van der Waals surface area contributed by atoms with Crippen LogP contribution in [0.4, 0.5) is 0 Å². The van der Waals surface area contributed by atoms with E-state index in [0.717, 1.165) is 27.8 Å². The molecular weight excluding hydrogens is 294 g/mol. The highest BCUT2D eigenvalue weighted by Gasteiger charge is 2.21. The lowest BCUT2D eigenvalue weighted by Gasteiger charge is -2.25. The average molecular weight is 310 g/mol. The van der Waals surface area contributed by atoms with Crippen molar-refractivity contribution in [3.05, 3.63) is 45.1 Å². The van der Waals surface area contributed by atoms with Crippen molar-refractivity contribution in [3.63, 3.8) is 0 Å². The fraction of sp³-hybridized carbons (Fsp3) is 0.333. The third-order valence-electron chi connectivity index (χ3n) is 3.35. The van der Waals surface area contributed by atoms with Crippen molar-refractivity contribution in [2.24, 2.45) is 0 Å². The smallest absolute Gasteiger partial charge is 0.166 e. The number of para-hydroxylation sites is 1. The van der Waals surface area contributed by atoms with Gasteiger partial charge in [-0.2, -0.15) is 0 Å². The Bertz CT molecular complexity index is 599. The number of halogens is 1. The van der Waals surface area contributed by atoms with Crippen molar-refractivity contribution in [1.82, 2.24) is 5.32 Å². The molecular formula is C15H16ClNO2S. The summed E-state index contributed by atoms with van der Waals surface area (Å²) < 4.78 is 12.3. The molecule has 3 nitrogen and oxygen atoms in total. The summed E-state index contributed by atoms with van der Waals surface area (Å²) in [5.74, 6) is 1.69. The van der Waals surface area contributed by atoms with Crippen LogP contribution < -0.4 is 14.8 Å². The van der Waals surface area contributed by atoms with Crippen molar-refractivity contribution in [1.29, 1.82) is 0 Å². The number of likely N-dealkylation sites (N-methyl/N-ethyl adjacent to an activating group) is 1. The molecule has 5 heteroatoms. The fourth-order valence-electron chi connectivity index (χ4n) is 2.40. The molecule has 1 unspecified atom stereocenters. The summed E-state index contributed by atoms with van der Waals surface area (Å²) >= 11 is 7.62. The van der Waals surface area contributed by atoms with Gasteiger partial charge in [0.1, 0.15) is 13.2 Å². The van der Waals surface area contributed by atoms with Crippen molar-refractivity contribution in [2.45, 2.75) is 12.5 Å². The number of ether oxygens (including phenoxy) is 2. The predicted octanol–water partition coefficient (Wildman–Crippen LogP) is 3.68. The third-order valence-corrected chi connectivity index (χ3v) is 4.61. The summed E-state index contributed by atoms with van der Waals surface area (Å²) in [6.45, 7) is 1.21. The van der Waals surface area contributed by atoms with Gasteiger partial charge in [0.2, 0.25) is 0 Å². The standard InChI is InChI=1S/C15H16ClNO2S/c1-17-12(9-10-5-6-14(16)20-10)11-3-2-4-13-15(11)19-8-7-18-13/h2-6,12,17H,7-9H2,1H3. The summed E-state index contributed by atoms with van der Waals surface area (Å²) in [6, 6.07) is 10.2. The highest BCUT2D eigenvalue weighted by Crippen LogP contribution is 2.38. The summed E-state index contributed by atoms with van der Waals surface area (Å²) in [6.07, 6.45) is 0.883. The molecule has 1 aromatic heterocycles. The molecule has 1 aliphatic heterocycles. The van der Waals surface area contributed by atoms with Crippen LogP contribution in [0.25, 0.3) is 0 Å². The van der Waals surface area contributed by atoms with Gasteiger partial charge in [-0.1, -0.05) is 23.7 Å². The van der Waals surface area contributed by atoms with E-state index in [4.69, 9.17) is 21.1 Å². The van der Waals surface area contributed by atoms with Crippen molar-refractivity contribution >= 4 is 22.9 Å². The van der Waals surface area contributed by atoms with Gasteiger partial charge in [0, 0.05) is 22.9 Å². The molecule has 2 aromatic rings. The highest BCUT2D eigenvalue weighted by atomic mass is 35.5. The van der Waals surface area contributed by atoms with E-state index in [1.165, 1.54) is 4.88 Å². The second kappa shape index (κ2) is 6.04. The van der Waals surface area contributed by atoms with Crippen molar-refractivity contribution in [3.8, 4) is 11.5 Å². The van der Waals surface area contributed by atoms with Gasteiger partial charge in [-0.05, 0) is 25.2 Å². The van der Waals surface area contributed by atoms with E-state index in [1.807, 2.05) is 25.2 Å². The molecule has 0 spiro atoms. The zero-order chi connectivity index (χ0) is 13.9. The molecule has 0 fully saturated rings. The van der Waals surface area contributed by atoms with Gasteiger partial charge in [0.15, 0.2) is 11.5 Å². The minimum atomic E-state index is 0.182. The molecule has 0 aliphatic carbocycles. The van der Waals surface area contributed by atoms with Crippen LogP contribution in [0.2, 0.25) is 4.34 Å². The summed E-state index contributed by atoms with van der Waals surface area (Å²) in [7, 11) is 1.96. The molecule has 0 radical (unpaired) electrons. The van der Waals surface area contributed by atoms with Crippen molar-refractivity contribution < 1.29 is 9.47 Å². The first-order valence-corrected chi connectivity index (χ1v) is 7.77. The van der Waals surface area contributed by atoms with Gasteiger partial charge in [-0.15, -0.1) is 11.3 Å². The van der Waals surface area contributed by atoms with Crippen LogP contribution in [0.1, 0.15) is 16.5 Å². The molecule has 2 heterocycles. The van der Waals surface area contributed by atoms with Crippen LogP contribution in [0, 0.1) is 0 Å². The van der Waals surface area contributed by atoms with E-state index in [2.05, 4.69) is 17.4 Å². The van der Waals surface area contributed by atoms with Gasteiger partial charge in [0.25, 0.3) is 0 Å². The van der Waals surface area contributed by atoms with E-state index < -0.39 is 0 Å². The number of fused-ring (bicyclic) bond motifs is 1. The van der Waals surface area contributed by atoms with E-state index in [1.54, 1.807) is 11.3 Å². The van der Waals surface area contributed by atoms with Crippen LogP contribution in [0.3, 0.4) is 0 Å². The Balaban J connectivity index is 1.89. The monoisotopic (exact) mass is 309 g/mol. The second-order valence-electron chi connectivity index (χ2n) is 4.62. The maximum Gasteiger partial charge on any atom is 0.166 e. The van der Waals surface area contributed by atoms with Gasteiger partial charge in [-0.3, -0.25) is 0 Å². The molecule has 20 heavy (non-hydrogen) atoms. The number of thiophene rings is 1. The normalized spacial score (nSPS) is 15.1. The van der Waals surface area contributed by atoms with Crippen LogP contribution in [-0.4, -0.2) is 20.3 Å². The van der Waals surface area contributed by atoms with Crippen molar-refractivity contribution in [2.75, 3.05) is 20.3 Å². The number of nitrogens with one attached hydrogen (secondary N) is 1. The SMILES string of the molecule is CNC(Cc1ccc(Cl)s1)c1cccc2c1OCCO2. The topological polar surface area (TPSA) is 30.5 Å². The Morgan fingerprint density at radius 3 is 2.85 bits per heavy atom. The molecule has 1 N–H and O–H groups in total. The molecule has 106 valence electrons. The van der Waals surface area contributed by atoms with Gasteiger partial charge in [0.05, 0.1) is 4.34 Å². The quantitative estimate of drug-likeness (QED) is 0.934. The van der Waals surface area contributed by atoms with E-state index in [0.29, 0.717) is 13.2 Å². The average Bonchev–Trinajstić information content (AvgIpc) is 2.89. The Hall–Kier alpha value is -1.23. The zero-order valence-corrected chi connectivity index (χ0v) is 12.8. The van der Waals surface area contributed by atoms with Gasteiger partial charge in [-0.25, -0.2) is 0 Å². The highest BCUT2D eigenvalue weighted by molar-refractivity contribution is 7.16. The van der Waals surface area contributed by atoms with Crippen LogP contribution in [0.5, 0.6) is 11.5 Å². The summed E-state index contributed by atoms with van der Waals surface area (Å²) in [5, 5.41) is 3.35. The predicted molar refractivity (Wildman–Crippen MR) is 82.3 cm³/mol. The van der Waals surface area contributed by atoms with Gasteiger partial charge < -0.3 is 14.8 Å². The molecule has 0 amide bonds. The number of benzene rings is 1. The van der Waals surface area contributed by atoms with E-state index in [9.17, 15) is 0 Å². The molecule has 3 rings (SSSR count). The summed E-state index contributed by atoms with van der Waals surface area (Å²) in [5.41, 5.74) is 1.13. The first-order valence-electron chi connectivity index (χ1n) is 6.58. The molecule has 0 saturated carbocycles. The fourth-order valence-corrected chi connectivity index (χ4v) is 3.53. The van der Waals surface area contributed by atoms with Crippen LogP contribution >= 0.6 is 22.9 Å². The lowest BCUT2D eigenvalue weighted by molar-refractivity contribution is 0.168. The molecule has 1 atom stereocenters. The van der Waals surface area contributed by atoms with Crippen LogP contribution in [-0.2, 0) is 6.42 Å². The van der Waals surface area contributed by atoms with Crippen LogP contribution in [0.15, 0.2) is 30.3 Å². The largest absolute Gasteiger partial charge is 0.486 e. The molecule has 1 aromatic carbocycles. The summed E-state index contributed by atoms with van der Waals surface area (Å²) in [4.78, 5) is 1.25. The molecule has 1 aliphatic rings. The second-order valence-corrected chi connectivity index (χ2v) is 6.42. The Labute approximate surface area is 127 Å². The number of rotatable bonds is 4. The first kappa shape index (κ1) is 13.7. The lowest BCUT2D eigenvalue weighted by Crippen LogP contribution is -2.22. The Kier molecular flexibility index (Phi) is 4.15. The van der Waals surface area contributed by atoms with E-state index >= 15 is 0 Å². The Morgan fingerprint density at radius 2 is 2.10 bits per heavy atom. The minimum absolute atomic E-state index is 0.182. The lowest BCUT2D eigenvalue weighted by atomic mass is 10.0. The zero-order valence-electron chi connectivity index (χ0n) is 11.2. The van der Waals surface area contributed by atoms with Gasteiger partial charge >= 0.3 is 0 Å².